The summed E-state index contributed by atoms with van der Waals surface area (Å²) in [7, 11) is 0. The van der Waals surface area contributed by atoms with Crippen LogP contribution in [0.2, 0.25) is 0 Å². The first-order valence-corrected chi connectivity index (χ1v) is 6.61. The molecular formula is C15H21N3O. The summed E-state index contributed by atoms with van der Waals surface area (Å²) >= 11 is 0. The molecule has 1 atom stereocenters. The lowest BCUT2D eigenvalue weighted by molar-refractivity contribution is 0.269. The van der Waals surface area contributed by atoms with Gasteiger partial charge in [0.25, 0.3) is 0 Å². The highest BCUT2D eigenvalue weighted by atomic mass is 16.3. The molecule has 2 rings (SSSR count). The van der Waals surface area contributed by atoms with Crippen LogP contribution in [0.15, 0.2) is 36.7 Å². The van der Waals surface area contributed by atoms with Crippen molar-refractivity contribution in [2.45, 2.75) is 33.0 Å². The van der Waals surface area contributed by atoms with Crippen LogP contribution in [0.1, 0.15) is 29.7 Å². The van der Waals surface area contributed by atoms with Gasteiger partial charge in [0.05, 0.1) is 19.3 Å². The third-order valence-electron chi connectivity index (χ3n) is 3.17. The summed E-state index contributed by atoms with van der Waals surface area (Å²) in [6, 6.07) is 8.84. The average molecular weight is 259 g/mol. The number of hydrogen-bond donors (Lipinski definition) is 2. The molecule has 102 valence electrons. The van der Waals surface area contributed by atoms with Gasteiger partial charge in [-0.25, -0.2) is 0 Å². The zero-order chi connectivity index (χ0) is 13.7. The summed E-state index contributed by atoms with van der Waals surface area (Å²) in [5, 5.41) is 16.5. The fourth-order valence-corrected chi connectivity index (χ4v) is 2.05. The molecule has 0 aliphatic heterocycles. The van der Waals surface area contributed by atoms with E-state index in [-0.39, 0.29) is 6.61 Å². The Bertz CT molecular complexity index is 522. The van der Waals surface area contributed by atoms with Crippen molar-refractivity contribution < 1.29 is 5.11 Å². The van der Waals surface area contributed by atoms with Crippen LogP contribution in [0.5, 0.6) is 0 Å². The fourth-order valence-electron chi connectivity index (χ4n) is 2.05. The van der Waals surface area contributed by atoms with Crippen molar-refractivity contribution >= 4 is 0 Å². The predicted molar refractivity (Wildman–Crippen MR) is 75.7 cm³/mol. The molecule has 0 amide bonds. The highest BCUT2D eigenvalue weighted by Crippen LogP contribution is 2.14. The van der Waals surface area contributed by atoms with Crippen molar-refractivity contribution in [1.29, 1.82) is 0 Å². The first-order valence-electron chi connectivity index (χ1n) is 6.61. The van der Waals surface area contributed by atoms with Gasteiger partial charge in [-0.3, -0.25) is 4.68 Å². The lowest BCUT2D eigenvalue weighted by Crippen LogP contribution is -2.17. The number of rotatable bonds is 6. The van der Waals surface area contributed by atoms with Gasteiger partial charge in [-0.05, 0) is 19.4 Å². The van der Waals surface area contributed by atoms with Crippen LogP contribution in [0.4, 0.5) is 0 Å². The largest absolute Gasteiger partial charge is 0.394 e. The maximum Gasteiger partial charge on any atom is 0.0640 e. The van der Waals surface area contributed by atoms with Crippen LogP contribution in [0.25, 0.3) is 0 Å². The summed E-state index contributed by atoms with van der Waals surface area (Å²) in [6.07, 6.45) is 3.80. The lowest BCUT2D eigenvalue weighted by atomic mass is 10.1. The molecule has 4 heteroatoms. The molecule has 0 fully saturated rings. The number of nitrogens with one attached hydrogen (secondary N) is 1. The van der Waals surface area contributed by atoms with Gasteiger partial charge in [-0.2, -0.15) is 5.10 Å². The van der Waals surface area contributed by atoms with E-state index in [1.807, 2.05) is 12.4 Å². The number of aryl methyl sites for hydroxylation is 1. The Balaban J connectivity index is 1.90. The van der Waals surface area contributed by atoms with Crippen molar-refractivity contribution in [2.24, 2.45) is 0 Å². The third kappa shape index (κ3) is 3.91. The summed E-state index contributed by atoms with van der Waals surface area (Å²) in [6.45, 7) is 5.71. The van der Waals surface area contributed by atoms with E-state index in [0.29, 0.717) is 12.6 Å². The van der Waals surface area contributed by atoms with Gasteiger partial charge in [0.1, 0.15) is 0 Å². The molecule has 2 aromatic rings. The third-order valence-corrected chi connectivity index (χ3v) is 3.17. The number of aliphatic hydroxyl groups excluding tert-OH is 1. The Morgan fingerprint density at radius 3 is 3.00 bits per heavy atom. The Kier molecular flexibility index (Phi) is 4.71. The molecule has 0 saturated heterocycles. The topological polar surface area (TPSA) is 50.1 Å². The number of hydrogen-bond acceptors (Lipinski definition) is 3. The van der Waals surface area contributed by atoms with Gasteiger partial charge < -0.3 is 10.4 Å². The minimum absolute atomic E-state index is 0.119. The molecule has 1 aromatic carbocycles. The number of aliphatic hydroxyl groups is 1. The second kappa shape index (κ2) is 6.50. The average Bonchev–Trinajstić information content (AvgIpc) is 2.84. The minimum atomic E-state index is 0.119. The van der Waals surface area contributed by atoms with Crippen molar-refractivity contribution in [3.8, 4) is 0 Å². The fraction of sp³-hybridized carbons (Fsp3) is 0.400. The predicted octanol–water partition coefficient (Wildman–Crippen LogP) is 2.03. The van der Waals surface area contributed by atoms with E-state index < -0.39 is 0 Å². The summed E-state index contributed by atoms with van der Waals surface area (Å²) in [5.41, 5.74) is 3.71. The molecule has 19 heavy (non-hydrogen) atoms. The SMILES string of the molecule is Cc1cccc([C@H](C)NCc2cnn(CCO)c2)c1. The second-order valence-corrected chi connectivity index (χ2v) is 4.85. The molecule has 0 bridgehead atoms. The van der Waals surface area contributed by atoms with E-state index in [1.54, 1.807) is 4.68 Å². The zero-order valence-corrected chi connectivity index (χ0v) is 11.5. The quantitative estimate of drug-likeness (QED) is 0.834. The maximum absolute atomic E-state index is 8.85. The molecule has 0 aliphatic carbocycles. The van der Waals surface area contributed by atoms with E-state index in [9.17, 15) is 0 Å². The van der Waals surface area contributed by atoms with Gasteiger partial charge in [-0.15, -0.1) is 0 Å². The smallest absolute Gasteiger partial charge is 0.0640 e. The molecule has 4 nitrogen and oxygen atoms in total. The number of benzene rings is 1. The van der Waals surface area contributed by atoms with Crippen LogP contribution in [0, 0.1) is 6.92 Å². The summed E-state index contributed by atoms with van der Waals surface area (Å²) in [5.74, 6) is 0. The molecule has 0 spiro atoms. The van der Waals surface area contributed by atoms with Gasteiger partial charge >= 0.3 is 0 Å². The first-order chi connectivity index (χ1) is 9.19. The number of nitrogens with zero attached hydrogens (tertiary/aromatic N) is 2. The van der Waals surface area contributed by atoms with Gasteiger partial charge in [-0.1, -0.05) is 29.8 Å². The van der Waals surface area contributed by atoms with Crippen molar-refractivity contribution in [3.63, 3.8) is 0 Å². The van der Waals surface area contributed by atoms with Crippen LogP contribution in [-0.2, 0) is 13.1 Å². The molecular weight excluding hydrogens is 238 g/mol. The molecule has 1 aromatic heterocycles. The van der Waals surface area contributed by atoms with Crippen molar-refractivity contribution in [2.75, 3.05) is 6.61 Å². The molecule has 1 heterocycles. The maximum atomic E-state index is 8.85. The van der Waals surface area contributed by atoms with Crippen molar-refractivity contribution in [1.82, 2.24) is 15.1 Å². The number of aromatic nitrogens is 2. The standard InChI is InChI=1S/C15H21N3O/c1-12-4-3-5-15(8-12)13(2)16-9-14-10-17-18(11-14)6-7-19/h3-5,8,10-11,13,16,19H,6-7,9H2,1-2H3/t13-/m0/s1. The van der Waals surface area contributed by atoms with E-state index in [2.05, 4.69) is 48.5 Å². The van der Waals surface area contributed by atoms with Gasteiger partial charge in [0, 0.05) is 24.3 Å². The van der Waals surface area contributed by atoms with Gasteiger partial charge in [0.2, 0.25) is 0 Å². The second-order valence-electron chi connectivity index (χ2n) is 4.85. The molecule has 0 saturated carbocycles. The highest BCUT2D eigenvalue weighted by molar-refractivity contribution is 5.24. The van der Waals surface area contributed by atoms with Crippen LogP contribution in [0.3, 0.4) is 0 Å². The monoisotopic (exact) mass is 259 g/mol. The van der Waals surface area contributed by atoms with E-state index >= 15 is 0 Å². The van der Waals surface area contributed by atoms with Crippen LogP contribution in [-0.4, -0.2) is 21.5 Å². The van der Waals surface area contributed by atoms with E-state index in [1.165, 1.54) is 11.1 Å². The van der Waals surface area contributed by atoms with Gasteiger partial charge in [0.15, 0.2) is 0 Å². The summed E-state index contributed by atoms with van der Waals surface area (Å²) < 4.78 is 1.76. The van der Waals surface area contributed by atoms with Crippen LogP contribution < -0.4 is 5.32 Å². The minimum Gasteiger partial charge on any atom is -0.394 e. The molecule has 0 radical (unpaired) electrons. The van der Waals surface area contributed by atoms with E-state index in [0.717, 1.165) is 12.1 Å². The molecule has 2 N–H and O–H groups in total. The van der Waals surface area contributed by atoms with E-state index in [4.69, 9.17) is 5.11 Å². The molecule has 0 aliphatic rings. The Labute approximate surface area is 114 Å². The Morgan fingerprint density at radius 1 is 1.42 bits per heavy atom. The van der Waals surface area contributed by atoms with Crippen molar-refractivity contribution in [3.05, 3.63) is 53.3 Å². The Hall–Kier alpha value is -1.65. The summed E-state index contributed by atoms with van der Waals surface area (Å²) in [4.78, 5) is 0. The highest BCUT2D eigenvalue weighted by Gasteiger charge is 2.05. The zero-order valence-electron chi connectivity index (χ0n) is 11.5. The normalized spacial score (nSPS) is 12.6. The lowest BCUT2D eigenvalue weighted by Gasteiger charge is -2.14. The Morgan fingerprint density at radius 2 is 2.26 bits per heavy atom. The van der Waals surface area contributed by atoms with Crippen LogP contribution >= 0.6 is 0 Å². The molecule has 0 unspecified atom stereocenters. The first kappa shape index (κ1) is 13.8.